The van der Waals surface area contributed by atoms with E-state index in [-0.39, 0.29) is 0 Å². The molecule has 3 rings (SSSR count). The molecule has 0 atom stereocenters. The van der Waals surface area contributed by atoms with Crippen LogP contribution in [-0.4, -0.2) is 19.6 Å². The van der Waals surface area contributed by atoms with Crippen LogP contribution in [-0.2, 0) is 6.42 Å². The van der Waals surface area contributed by atoms with Crippen molar-refractivity contribution in [1.82, 2.24) is 0 Å². The van der Waals surface area contributed by atoms with Gasteiger partial charge in [0, 0.05) is 31.0 Å². The number of nitrogens with zero attached hydrogens (tertiary/aromatic N) is 1. The Hall–Kier alpha value is -1.18. The average Bonchev–Trinajstić information content (AvgIpc) is 2.48. The van der Waals surface area contributed by atoms with Crippen LogP contribution in [0.5, 0.6) is 0 Å². The van der Waals surface area contributed by atoms with Gasteiger partial charge >= 0.3 is 0 Å². The fraction of sp³-hybridized carbons (Fsp3) is 0.647. The second kappa shape index (κ2) is 5.07. The van der Waals surface area contributed by atoms with Crippen molar-refractivity contribution in [2.45, 2.75) is 46.0 Å². The van der Waals surface area contributed by atoms with E-state index in [4.69, 9.17) is 0 Å². The molecule has 104 valence electrons. The van der Waals surface area contributed by atoms with Gasteiger partial charge in [-0.25, -0.2) is 0 Å². The zero-order valence-corrected chi connectivity index (χ0v) is 12.3. The largest absolute Gasteiger partial charge is 0.385 e. The SMILES string of the molecule is CCC1(C)CCN(c2cccc3c2CCCN3)CC1. The topological polar surface area (TPSA) is 15.3 Å². The molecule has 2 heteroatoms. The first-order valence-corrected chi connectivity index (χ1v) is 7.82. The second-order valence-electron chi connectivity index (χ2n) is 6.48. The number of hydrogen-bond acceptors (Lipinski definition) is 2. The third-order valence-electron chi connectivity index (χ3n) is 5.24. The summed E-state index contributed by atoms with van der Waals surface area (Å²) < 4.78 is 0. The molecule has 1 fully saturated rings. The van der Waals surface area contributed by atoms with Crippen molar-refractivity contribution in [2.24, 2.45) is 5.41 Å². The highest BCUT2D eigenvalue weighted by atomic mass is 15.1. The van der Waals surface area contributed by atoms with Crippen molar-refractivity contribution >= 4 is 11.4 Å². The van der Waals surface area contributed by atoms with Gasteiger partial charge in [0.1, 0.15) is 0 Å². The van der Waals surface area contributed by atoms with Gasteiger partial charge in [-0.2, -0.15) is 0 Å². The van der Waals surface area contributed by atoms with Crippen LogP contribution in [0.2, 0.25) is 0 Å². The van der Waals surface area contributed by atoms with Gasteiger partial charge in [0.25, 0.3) is 0 Å². The minimum atomic E-state index is 0.573. The van der Waals surface area contributed by atoms with E-state index in [1.54, 1.807) is 5.56 Å². The lowest BCUT2D eigenvalue weighted by molar-refractivity contribution is 0.238. The molecule has 1 aromatic carbocycles. The normalized spacial score (nSPS) is 21.7. The summed E-state index contributed by atoms with van der Waals surface area (Å²) in [6.07, 6.45) is 6.49. The molecule has 2 nitrogen and oxygen atoms in total. The molecule has 0 amide bonds. The van der Waals surface area contributed by atoms with Crippen molar-refractivity contribution < 1.29 is 0 Å². The van der Waals surface area contributed by atoms with Crippen molar-refractivity contribution in [3.63, 3.8) is 0 Å². The molecule has 2 aliphatic rings. The van der Waals surface area contributed by atoms with Crippen molar-refractivity contribution in [1.29, 1.82) is 0 Å². The molecule has 0 unspecified atom stereocenters. The molecule has 1 saturated heterocycles. The molecule has 2 aliphatic heterocycles. The van der Waals surface area contributed by atoms with Gasteiger partial charge in [-0.05, 0) is 48.8 Å². The van der Waals surface area contributed by atoms with Crippen LogP contribution in [0.25, 0.3) is 0 Å². The maximum Gasteiger partial charge on any atom is 0.0419 e. The summed E-state index contributed by atoms with van der Waals surface area (Å²) in [4.78, 5) is 2.61. The fourth-order valence-corrected chi connectivity index (χ4v) is 3.43. The molecular formula is C17H26N2. The number of fused-ring (bicyclic) bond motifs is 1. The van der Waals surface area contributed by atoms with E-state index in [0.29, 0.717) is 5.41 Å². The Morgan fingerprint density at radius 2 is 2.05 bits per heavy atom. The standard InChI is InChI=1S/C17H26N2/c1-3-17(2)9-12-19(13-10-17)16-8-4-7-15-14(16)6-5-11-18-15/h4,7-8,18H,3,5-6,9-13H2,1-2H3. The molecule has 1 N–H and O–H groups in total. The maximum absolute atomic E-state index is 3.54. The summed E-state index contributed by atoms with van der Waals surface area (Å²) >= 11 is 0. The molecule has 0 bridgehead atoms. The van der Waals surface area contributed by atoms with Crippen LogP contribution < -0.4 is 10.2 Å². The van der Waals surface area contributed by atoms with Gasteiger partial charge in [-0.3, -0.25) is 0 Å². The number of benzene rings is 1. The average molecular weight is 258 g/mol. The first-order chi connectivity index (χ1) is 9.22. The summed E-state index contributed by atoms with van der Waals surface area (Å²) in [5, 5.41) is 3.54. The minimum absolute atomic E-state index is 0.573. The minimum Gasteiger partial charge on any atom is -0.385 e. The third-order valence-corrected chi connectivity index (χ3v) is 5.24. The van der Waals surface area contributed by atoms with Crippen LogP contribution in [0.3, 0.4) is 0 Å². The van der Waals surface area contributed by atoms with E-state index in [1.807, 2.05) is 0 Å². The fourth-order valence-electron chi connectivity index (χ4n) is 3.43. The van der Waals surface area contributed by atoms with Gasteiger partial charge in [0.05, 0.1) is 0 Å². The highest BCUT2D eigenvalue weighted by Crippen LogP contribution is 2.38. The summed E-state index contributed by atoms with van der Waals surface area (Å²) in [7, 11) is 0. The zero-order valence-electron chi connectivity index (χ0n) is 12.3. The maximum atomic E-state index is 3.54. The monoisotopic (exact) mass is 258 g/mol. The summed E-state index contributed by atoms with van der Waals surface area (Å²) in [5.74, 6) is 0. The van der Waals surface area contributed by atoms with Gasteiger partial charge in [0.15, 0.2) is 0 Å². The molecule has 19 heavy (non-hydrogen) atoms. The van der Waals surface area contributed by atoms with E-state index in [1.165, 1.54) is 56.6 Å². The summed E-state index contributed by atoms with van der Waals surface area (Å²) in [6, 6.07) is 6.76. The second-order valence-corrected chi connectivity index (χ2v) is 6.48. The Labute approximate surface area is 117 Å². The van der Waals surface area contributed by atoms with Crippen LogP contribution in [0.1, 0.15) is 45.1 Å². The van der Waals surface area contributed by atoms with E-state index >= 15 is 0 Å². The van der Waals surface area contributed by atoms with E-state index < -0.39 is 0 Å². The van der Waals surface area contributed by atoms with Crippen molar-refractivity contribution in [3.8, 4) is 0 Å². The Balaban J connectivity index is 1.80. The summed E-state index contributed by atoms with van der Waals surface area (Å²) in [6.45, 7) is 8.36. The smallest absolute Gasteiger partial charge is 0.0419 e. The van der Waals surface area contributed by atoms with E-state index in [2.05, 4.69) is 42.3 Å². The van der Waals surface area contributed by atoms with Gasteiger partial charge < -0.3 is 10.2 Å². The molecule has 0 aromatic heterocycles. The molecule has 0 spiro atoms. The summed E-state index contributed by atoms with van der Waals surface area (Å²) in [5.41, 5.74) is 4.98. The van der Waals surface area contributed by atoms with Crippen LogP contribution in [0.4, 0.5) is 11.4 Å². The lowest BCUT2D eigenvalue weighted by atomic mass is 9.78. The molecule has 0 radical (unpaired) electrons. The molecular weight excluding hydrogens is 232 g/mol. The van der Waals surface area contributed by atoms with Crippen LogP contribution in [0, 0.1) is 5.41 Å². The predicted molar refractivity (Wildman–Crippen MR) is 83.1 cm³/mol. The van der Waals surface area contributed by atoms with Crippen LogP contribution in [0.15, 0.2) is 18.2 Å². The lowest BCUT2D eigenvalue weighted by Gasteiger charge is -2.41. The third kappa shape index (κ3) is 2.45. The molecule has 0 saturated carbocycles. The zero-order chi connectivity index (χ0) is 13.3. The first-order valence-electron chi connectivity index (χ1n) is 7.82. The van der Waals surface area contributed by atoms with Crippen molar-refractivity contribution in [3.05, 3.63) is 23.8 Å². The van der Waals surface area contributed by atoms with E-state index in [0.717, 1.165) is 6.54 Å². The highest BCUT2D eigenvalue weighted by molar-refractivity contribution is 5.68. The number of piperidine rings is 1. The molecule has 1 aromatic rings. The lowest BCUT2D eigenvalue weighted by Crippen LogP contribution is -2.39. The molecule has 2 heterocycles. The Kier molecular flexibility index (Phi) is 3.42. The Morgan fingerprint density at radius 3 is 2.79 bits per heavy atom. The van der Waals surface area contributed by atoms with Gasteiger partial charge in [0.2, 0.25) is 0 Å². The predicted octanol–water partition coefficient (Wildman–Crippen LogP) is 4.06. The Bertz CT molecular complexity index is 445. The molecule has 0 aliphatic carbocycles. The Morgan fingerprint density at radius 1 is 1.26 bits per heavy atom. The number of nitrogens with one attached hydrogen (secondary N) is 1. The number of anilines is 2. The van der Waals surface area contributed by atoms with Gasteiger partial charge in [-0.1, -0.05) is 26.3 Å². The van der Waals surface area contributed by atoms with E-state index in [9.17, 15) is 0 Å². The highest BCUT2D eigenvalue weighted by Gasteiger charge is 2.29. The number of rotatable bonds is 2. The first kappa shape index (κ1) is 12.8. The number of hydrogen-bond donors (Lipinski definition) is 1. The van der Waals surface area contributed by atoms with Crippen LogP contribution >= 0.6 is 0 Å². The van der Waals surface area contributed by atoms with Gasteiger partial charge in [-0.15, -0.1) is 0 Å². The quantitative estimate of drug-likeness (QED) is 0.860. The van der Waals surface area contributed by atoms with Crippen molar-refractivity contribution in [2.75, 3.05) is 29.9 Å².